The highest BCUT2D eigenvalue weighted by atomic mass is 32.2. The summed E-state index contributed by atoms with van der Waals surface area (Å²) in [5.74, 6) is 1.21. The van der Waals surface area contributed by atoms with E-state index >= 15 is 0 Å². The summed E-state index contributed by atoms with van der Waals surface area (Å²) in [6.07, 6.45) is 8.63. The van der Waals surface area contributed by atoms with E-state index in [2.05, 4.69) is 5.32 Å². The van der Waals surface area contributed by atoms with Gasteiger partial charge in [0, 0.05) is 41.1 Å². The van der Waals surface area contributed by atoms with Crippen LogP contribution in [0.5, 0.6) is 0 Å². The first-order chi connectivity index (χ1) is 8.61. The highest BCUT2D eigenvalue weighted by Crippen LogP contribution is 2.41. The molecule has 1 spiro atoms. The predicted molar refractivity (Wildman–Crippen MR) is 81.8 cm³/mol. The van der Waals surface area contributed by atoms with Crippen molar-refractivity contribution < 1.29 is 4.21 Å². The number of amidine groups is 1. The maximum atomic E-state index is 11.3. The molecule has 1 aliphatic heterocycles. The van der Waals surface area contributed by atoms with Gasteiger partial charge in [0.15, 0.2) is 5.17 Å². The molecule has 0 radical (unpaired) electrons. The summed E-state index contributed by atoms with van der Waals surface area (Å²) in [5.41, 5.74) is 0.493. The van der Waals surface area contributed by atoms with Crippen LogP contribution in [0.3, 0.4) is 0 Å². The molecule has 1 N–H and O–H groups in total. The molecule has 0 amide bonds. The van der Waals surface area contributed by atoms with Gasteiger partial charge in [0.25, 0.3) is 0 Å². The molecule has 3 nitrogen and oxygen atoms in total. The number of rotatable bonds is 3. The molecule has 0 saturated heterocycles. The number of aliphatic imine (C=N–C) groups is 1. The van der Waals surface area contributed by atoms with E-state index in [1.165, 1.54) is 37.9 Å². The van der Waals surface area contributed by atoms with Crippen LogP contribution < -0.4 is 5.32 Å². The molecule has 0 aromatic carbocycles. The van der Waals surface area contributed by atoms with E-state index in [1.54, 1.807) is 6.26 Å². The molecule has 2 aliphatic rings. The third-order valence-electron chi connectivity index (χ3n) is 4.09. The number of nitrogens with zero attached hydrogens (tertiary/aromatic N) is 1. The summed E-state index contributed by atoms with van der Waals surface area (Å²) < 4.78 is 11.3. The van der Waals surface area contributed by atoms with Gasteiger partial charge in [-0.25, -0.2) is 0 Å². The van der Waals surface area contributed by atoms with Crippen LogP contribution >= 0.6 is 11.8 Å². The molecule has 1 aliphatic carbocycles. The quantitative estimate of drug-likeness (QED) is 0.867. The van der Waals surface area contributed by atoms with E-state index in [0.29, 0.717) is 5.41 Å². The van der Waals surface area contributed by atoms with Crippen molar-refractivity contribution in [2.24, 2.45) is 10.4 Å². The molecule has 5 heteroatoms. The SMILES string of the molecule is CC(CNC1=NCC2(CCCCC2)CS1)S(C)=O. The van der Waals surface area contributed by atoms with Crippen molar-refractivity contribution in [1.29, 1.82) is 0 Å². The van der Waals surface area contributed by atoms with Crippen LogP contribution in [0.4, 0.5) is 0 Å². The highest BCUT2D eigenvalue weighted by Gasteiger charge is 2.34. The third kappa shape index (κ3) is 3.73. The Balaban J connectivity index is 1.81. The monoisotopic (exact) mass is 288 g/mol. The number of hydrogen-bond acceptors (Lipinski definition) is 4. The van der Waals surface area contributed by atoms with Crippen LogP contribution in [-0.2, 0) is 10.8 Å². The molecular formula is C13H24N2OS2. The Morgan fingerprint density at radius 2 is 2.17 bits per heavy atom. The van der Waals surface area contributed by atoms with Gasteiger partial charge in [0.2, 0.25) is 0 Å². The lowest BCUT2D eigenvalue weighted by molar-refractivity contribution is 0.232. The fourth-order valence-electron chi connectivity index (χ4n) is 2.61. The Kier molecular flexibility index (Phi) is 5.13. The largest absolute Gasteiger partial charge is 0.364 e. The molecule has 104 valence electrons. The summed E-state index contributed by atoms with van der Waals surface area (Å²) in [6.45, 7) is 3.77. The number of nitrogens with one attached hydrogen (secondary N) is 1. The Hall–Kier alpha value is -0.0300. The van der Waals surface area contributed by atoms with Gasteiger partial charge in [0.05, 0.1) is 0 Å². The smallest absolute Gasteiger partial charge is 0.156 e. The van der Waals surface area contributed by atoms with E-state index in [9.17, 15) is 4.21 Å². The minimum Gasteiger partial charge on any atom is -0.364 e. The average molecular weight is 288 g/mol. The van der Waals surface area contributed by atoms with Crippen molar-refractivity contribution in [3.8, 4) is 0 Å². The molecule has 18 heavy (non-hydrogen) atoms. The predicted octanol–water partition coefficient (Wildman–Crippen LogP) is 2.40. The standard InChI is InChI=1S/C13H24N2OS2/c1-11(18(2)16)8-14-12-15-9-13(10-17-12)6-4-3-5-7-13/h11H,3-10H2,1-2H3,(H,14,15). The Bertz CT molecular complexity index is 338. The van der Waals surface area contributed by atoms with Gasteiger partial charge in [-0.15, -0.1) is 0 Å². The summed E-state index contributed by atoms with van der Waals surface area (Å²) in [6, 6.07) is 0. The van der Waals surface area contributed by atoms with E-state index in [0.717, 1.165) is 18.3 Å². The second-order valence-corrected chi connectivity index (χ2v) is 8.43. The van der Waals surface area contributed by atoms with E-state index in [1.807, 2.05) is 18.7 Å². The molecule has 2 atom stereocenters. The van der Waals surface area contributed by atoms with Crippen molar-refractivity contribution in [2.75, 3.05) is 25.1 Å². The van der Waals surface area contributed by atoms with Crippen LogP contribution in [-0.4, -0.2) is 39.7 Å². The zero-order valence-electron chi connectivity index (χ0n) is 11.4. The number of hydrogen-bond donors (Lipinski definition) is 1. The van der Waals surface area contributed by atoms with E-state index in [-0.39, 0.29) is 5.25 Å². The van der Waals surface area contributed by atoms with Crippen molar-refractivity contribution in [3.63, 3.8) is 0 Å². The van der Waals surface area contributed by atoms with Gasteiger partial charge in [-0.1, -0.05) is 31.0 Å². The van der Waals surface area contributed by atoms with Crippen LogP contribution in [0.15, 0.2) is 4.99 Å². The van der Waals surface area contributed by atoms with Gasteiger partial charge >= 0.3 is 0 Å². The average Bonchev–Trinajstić information content (AvgIpc) is 2.39. The maximum Gasteiger partial charge on any atom is 0.156 e. The van der Waals surface area contributed by atoms with Gasteiger partial charge in [-0.3, -0.25) is 9.20 Å². The van der Waals surface area contributed by atoms with Crippen molar-refractivity contribution in [3.05, 3.63) is 0 Å². The van der Waals surface area contributed by atoms with Crippen LogP contribution in [0.1, 0.15) is 39.0 Å². The topological polar surface area (TPSA) is 41.5 Å². The minimum absolute atomic E-state index is 0.193. The summed E-state index contributed by atoms with van der Waals surface area (Å²) >= 11 is 1.86. The molecular weight excluding hydrogens is 264 g/mol. The van der Waals surface area contributed by atoms with Crippen LogP contribution in [0.25, 0.3) is 0 Å². The number of thioether (sulfide) groups is 1. The van der Waals surface area contributed by atoms with Crippen molar-refractivity contribution in [2.45, 2.75) is 44.3 Å². The first-order valence-corrected chi connectivity index (χ1v) is 9.45. The lowest BCUT2D eigenvalue weighted by Crippen LogP contribution is -2.39. The Morgan fingerprint density at radius 3 is 2.72 bits per heavy atom. The van der Waals surface area contributed by atoms with E-state index < -0.39 is 10.8 Å². The van der Waals surface area contributed by atoms with E-state index in [4.69, 9.17) is 4.99 Å². The van der Waals surface area contributed by atoms with Crippen LogP contribution in [0, 0.1) is 5.41 Å². The molecule has 1 heterocycles. The lowest BCUT2D eigenvalue weighted by atomic mass is 9.75. The van der Waals surface area contributed by atoms with Gasteiger partial charge in [-0.05, 0) is 25.2 Å². The fraction of sp³-hybridized carbons (Fsp3) is 0.923. The van der Waals surface area contributed by atoms with Gasteiger partial charge < -0.3 is 5.32 Å². The van der Waals surface area contributed by atoms with Gasteiger partial charge in [-0.2, -0.15) is 0 Å². The second-order valence-electron chi connectivity index (χ2n) is 5.66. The summed E-state index contributed by atoms with van der Waals surface area (Å²) in [5, 5.41) is 4.60. The summed E-state index contributed by atoms with van der Waals surface area (Å²) in [4.78, 5) is 4.71. The first kappa shape index (κ1) is 14.4. The molecule has 0 aromatic rings. The maximum absolute atomic E-state index is 11.3. The lowest BCUT2D eigenvalue weighted by Gasteiger charge is -2.38. The Labute approximate surface area is 117 Å². The van der Waals surface area contributed by atoms with Crippen molar-refractivity contribution >= 4 is 27.7 Å². The fourth-order valence-corrected chi connectivity index (χ4v) is 4.09. The Morgan fingerprint density at radius 1 is 1.44 bits per heavy atom. The normalized spacial score (nSPS) is 26.4. The molecule has 0 aromatic heterocycles. The highest BCUT2D eigenvalue weighted by molar-refractivity contribution is 8.13. The zero-order chi connectivity index (χ0) is 13.0. The molecule has 1 fully saturated rings. The molecule has 1 saturated carbocycles. The molecule has 2 unspecified atom stereocenters. The zero-order valence-corrected chi connectivity index (χ0v) is 13.0. The first-order valence-electron chi connectivity index (χ1n) is 6.85. The summed E-state index contributed by atoms with van der Waals surface area (Å²) in [7, 11) is -0.752. The van der Waals surface area contributed by atoms with Gasteiger partial charge in [0.1, 0.15) is 0 Å². The van der Waals surface area contributed by atoms with Crippen molar-refractivity contribution in [1.82, 2.24) is 5.32 Å². The second kappa shape index (κ2) is 6.42. The van der Waals surface area contributed by atoms with Crippen LogP contribution in [0.2, 0.25) is 0 Å². The minimum atomic E-state index is -0.752. The third-order valence-corrected chi connectivity index (χ3v) is 6.70. The molecule has 2 rings (SSSR count). The molecule has 0 bridgehead atoms.